The summed E-state index contributed by atoms with van der Waals surface area (Å²) in [6.45, 7) is 2.20. The zero-order valence-electron chi connectivity index (χ0n) is 8.63. The molecule has 0 aliphatic carbocycles. The van der Waals surface area contributed by atoms with Gasteiger partial charge in [0.15, 0.2) is 5.22 Å². The van der Waals surface area contributed by atoms with Gasteiger partial charge in [0.05, 0.1) is 6.04 Å². The van der Waals surface area contributed by atoms with Crippen LogP contribution in [0.5, 0.6) is 0 Å². The van der Waals surface area contributed by atoms with E-state index in [2.05, 4.69) is 6.92 Å². The van der Waals surface area contributed by atoms with Crippen molar-refractivity contribution in [3.8, 4) is 0 Å². The van der Waals surface area contributed by atoms with E-state index in [1.54, 1.807) is 6.07 Å². The normalized spacial score (nSPS) is 13.1. The first-order valence-corrected chi connectivity index (χ1v) is 5.62. The van der Waals surface area contributed by atoms with Crippen LogP contribution in [-0.4, -0.2) is 0 Å². The van der Waals surface area contributed by atoms with Crippen molar-refractivity contribution in [3.05, 3.63) is 23.1 Å². The Morgan fingerprint density at radius 1 is 1.36 bits per heavy atom. The van der Waals surface area contributed by atoms with Crippen LogP contribution >= 0.6 is 11.6 Å². The van der Waals surface area contributed by atoms with Gasteiger partial charge in [0.1, 0.15) is 5.76 Å². The Balaban J connectivity index is 2.25. The Morgan fingerprint density at radius 3 is 2.71 bits per heavy atom. The summed E-state index contributed by atoms with van der Waals surface area (Å²) in [5.41, 5.74) is 5.94. The summed E-state index contributed by atoms with van der Waals surface area (Å²) in [6, 6.07) is 3.59. The Morgan fingerprint density at radius 2 is 2.14 bits per heavy atom. The van der Waals surface area contributed by atoms with Gasteiger partial charge in [0, 0.05) is 0 Å². The second-order valence-electron chi connectivity index (χ2n) is 3.60. The second kappa shape index (κ2) is 6.10. The first-order valence-electron chi connectivity index (χ1n) is 5.25. The zero-order chi connectivity index (χ0) is 10.4. The predicted octanol–water partition coefficient (Wildman–Crippen LogP) is 3.90. The summed E-state index contributed by atoms with van der Waals surface area (Å²) in [6.07, 6.45) is 5.92. The number of unbranched alkanes of at least 4 members (excludes halogenated alkanes) is 3. The lowest BCUT2D eigenvalue weighted by atomic mass is 10.1. The molecule has 1 heterocycles. The maximum atomic E-state index is 5.94. The molecule has 0 fully saturated rings. The molecule has 1 rings (SSSR count). The van der Waals surface area contributed by atoms with E-state index in [4.69, 9.17) is 21.8 Å². The van der Waals surface area contributed by atoms with Crippen molar-refractivity contribution < 1.29 is 4.42 Å². The molecule has 0 saturated heterocycles. The molecule has 0 saturated carbocycles. The number of furan rings is 1. The van der Waals surface area contributed by atoms with Crippen molar-refractivity contribution in [3.63, 3.8) is 0 Å². The lowest BCUT2D eigenvalue weighted by Crippen LogP contribution is -2.08. The van der Waals surface area contributed by atoms with E-state index in [-0.39, 0.29) is 6.04 Å². The zero-order valence-corrected chi connectivity index (χ0v) is 9.39. The Kier molecular flexibility index (Phi) is 5.05. The number of hydrogen-bond donors (Lipinski definition) is 1. The summed E-state index contributed by atoms with van der Waals surface area (Å²) >= 11 is 5.67. The van der Waals surface area contributed by atoms with Crippen LogP contribution in [0.4, 0.5) is 0 Å². The fourth-order valence-electron chi connectivity index (χ4n) is 1.46. The van der Waals surface area contributed by atoms with Gasteiger partial charge >= 0.3 is 0 Å². The molecule has 1 aromatic rings. The highest BCUT2D eigenvalue weighted by molar-refractivity contribution is 6.28. The number of nitrogens with two attached hydrogens (primary N) is 1. The van der Waals surface area contributed by atoms with E-state index in [1.807, 2.05) is 6.07 Å². The SMILES string of the molecule is CCCCCCC(N)c1ccc(Cl)o1. The molecule has 0 bridgehead atoms. The fourth-order valence-corrected chi connectivity index (χ4v) is 1.61. The van der Waals surface area contributed by atoms with Crippen molar-refractivity contribution in [1.82, 2.24) is 0 Å². The monoisotopic (exact) mass is 215 g/mol. The van der Waals surface area contributed by atoms with Gasteiger partial charge in [-0.05, 0) is 30.2 Å². The van der Waals surface area contributed by atoms with E-state index in [0.29, 0.717) is 5.22 Å². The summed E-state index contributed by atoms with van der Waals surface area (Å²) in [4.78, 5) is 0. The van der Waals surface area contributed by atoms with Crippen LogP contribution in [-0.2, 0) is 0 Å². The van der Waals surface area contributed by atoms with Gasteiger partial charge in [-0.15, -0.1) is 0 Å². The van der Waals surface area contributed by atoms with Crippen molar-refractivity contribution in [2.45, 2.75) is 45.1 Å². The molecule has 1 atom stereocenters. The first-order chi connectivity index (χ1) is 6.74. The molecule has 0 spiro atoms. The van der Waals surface area contributed by atoms with Gasteiger partial charge in [0.25, 0.3) is 0 Å². The quantitative estimate of drug-likeness (QED) is 0.731. The maximum absolute atomic E-state index is 5.94. The van der Waals surface area contributed by atoms with Gasteiger partial charge in [-0.1, -0.05) is 32.6 Å². The molecular weight excluding hydrogens is 198 g/mol. The predicted molar refractivity (Wildman–Crippen MR) is 59.4 cm³/mol. The fraction of sp³-hybridized carbons (Fsp3) is 0.636. The van der Waals surface area contributed by atoms with E-state index >= 15 is 0 Å². The van der Waals surface area contributed by atoms with Crippen molar-refractivity contribution in [2.24, 2.45) is 5.73 Å². The average molecular weight is 216 g/mol. The molecule has 0 aromatic carbocycles. The first kappa shape index (κ1) is 11.6. The van der Waals surface area contributed by atoms with Gasteiger partial charge in [0.2, 0.25) is 0 Å². The smallest absolute Gasteiger partial charge is 0.193 e. The third kappa shape index (κ3) is 3.72. The van der Waals surface area contributed by atoms with Gasteiger partial charge in [-0.25, -0.2) is 0 Å². The Bertz CT molecular complexity index is 260. The van der Waals surface area contributed by atoms with Crippen LogP contribution in [0.15, 0.2) is 16.5 Å². The minimum Gasteiger partial charge on any atom is -0.448 e. The van der Waals surface area contributed by atoms with Crippen molar-refractivity contribution in [1.29, 1.82) is 0 Å². The molecule has 0 radical (unpaired) electrons. The Hall–Kier alpha value is -0.470. The van der Waals surface area contributed by atoms with Crippen LogP contribution in [0.25, 0.3) is 0 Å². The highest BCUT2D eigenvalue weighted by Crippen LogP contribution is 2.22. The summed E-state index contributed by atoms with van der Waals surface area (Å²) in [7, 11) is 0. The molecule has 0 aliphatic heterocycles. The lowest BCUT2D eigenvalue weighted by molar-refractivity contribution is 0.441. The molecule has 1 aromatic heterocycles. The maximum Gasteiger partial charge on any atom is 0.193 e. The van der Waals surface area contributed by atoms with E-state index in [0.717, 1.165) is 18.6 Å². The Labute approximate surface area is 90.4 Å². The highest BCUT2D eigenvalue weighted by atomic mass is 35.5. The molecule has 0 amide bonds. The summed E-state index contributed by atoms with van der Waals surface area (Å²) in [5, 5.41) is 0.420. The molecule has 3 heteroatoms. The molecule has 14 heavy (non-hydrogen) atoms. The number of rotatable bonds is 6. The van der Waals surface area contributed by atoms with Crippen LogP contribution in [0.1, 0.15) is 50.8 Å². The molecular formula is C11H18ClNO. The van der Waals surface area contributed by atoms with Crippen LogP contribution in [0.2, 0.25) is 5.22 Å². The third-order valence-corrected chi connectivity index (χ3v) is 2.53. The minimum absolute atomic E-state index is 0.000596. The van der Waals surface area contributed by atoms with E-state index in [9.17, 15) is 0 Å². The van der Waals surface area contributed by atoms with E-state index in [1.165, 1.54) is 19.3 Å². The minimum atomic E-state index is -0.000596. The molecule has 2 N–H and O–H groups in total. The largest absolute Gasteiger partial charge is 0.448 e. The van der Waals surface area contributed by atoms with Gasteiger partial charge in [-0.2, -0.15) is 0 Å². The molecule has 1 unspecified atom stereocenters. The van der Waals surface area contributed by atoms with Crippen LogP contribution in [0, 0.1) is 0 Å². The standard InChI is InChI=1S/C11H18ClNO/c1-2-3-4-5-6-9(13)10-7-8-11(12)14-10/h7-9H,2-6,13H2,1H3. The molecule has 2 nitrogen and oxygen atoms in total. The second-order valence-corrected chi connectivity index (χ2v) is 3.97. The van der Waals surface area contributed by atoms with Crippen LogP contribution in [0.3, 0.4) is 0 Å². The van der Waals surface area contributed by atoms with Crippen LogP contribution < -0.4 is 5.73 Å². The summed E-state index contributed by atoms with van der Waals surface area (Å²) in [5.74, 6) is 0.798. The van der Waals surface area contributed by atoms with E-state index < -0.39 is 0 Å². The van der Waals surface area contributed by atoms with Crippen molar-refractivity contribution in [2.75, 3.05) is 0 Å². The molecule has 0 aliphatic rings. The van der Waals surface area contributed by atoms with Crippen molar-refractivity contribution >= 4 is 11.6 Å². The van der Waals surface area contributed by atoms with Gasteiger partial charge in [-0.3, -0.25) is 0 Å². The topological polar surface area (TPSA) is 39.2 Å². The number of halogens is 1. The molecule has 80 valence electrons. The van der Waals surface area contributed by atoms with Gasteiger partial charge < -0.3 is 10.2 Å². The average Bonchev–Trinajstić information content (AvgIpc) is 2.59. The summed E-state index contributed by atoms with van der Waals surface area (Å²) < 4.78 is 5.24. The third-order valence-electron chi connectivity index (χ3n) is 2.33. The highest BCUT2D eigenvalue weighted by Gasteiger charge is 2.09. The number of hydrogen-bond acceptors (Lipinski definition) is 2. The lowest BCUT2D eigenvalue weighted by Gasteiger charge is -2.07.